The van der Waals surface area contributed by atoms with E-state index in [0.717, 1.165) is 19.4 Å². The largest absolute Gasteiger partial charge is 0.466 e. The number of nitrogens with zero attached hydrogens (tertiary/aromatic N) is 5. The Morgan fingerprint density at radius 3 is 3.04 bits per heavy atom. The summed E-state index contributed by atoms with van der Waals surface area (Å²) in [4.78, 5) is 28.4. The summed E-state index contributed by atoms with van der Waals surface area (Å²) in [5.41, 5.74) is -0.0299. The van der Waals surface area contributed by atoms with Crippen LogP contribution in [0.5, 0.6) is 0 Å². The number of nitro groups is 1. The molecule has 1 fully saturated rings. The van der Waals surface area contributed by atoms with Crippen molar-refractivity contribution in [2.45, 2.75) is 26.3 Å². The monoisotopic (exact) mass is 352 g/mol. The van der Waals surface area contributed by atoms with Gasteiger partial charge in [-0.05, 0) is 19.8 Å². The van der Waals surface area contributed by atoms with Crippen LogP contribution in [-0.2, 0) is 16.1 Å². The van der Waals surface area contributed by atoms with Crippen molar-refractivity contribution >= 4 is 17.6 Å². The molecule has 0 radical (unpaired) electrons. The maximum atomic E-state index is 11.9. The van der Waals surface area contributed by atoms with E-state index in [1.807, 2.05) is 4.90 Å². The van der Waals surface area contributed by atoms with E-state index in [0.29, 0.717) is 32.2 Å². The summed E-state index contributed by atoms with van der Waals surface area (Å²) < 4.78 is 6.62. The lowest BCUT2D eigenvalue weighted by Crippen LogP contribution is -2.48. The summed E-state index contributed by atoms with van der Waals surface area (Å²) in [6.07, 6.45) is 4.34. The average molecular weight is 352 g/mol. The molecule has 1 saturated heterocycles. The summed E-state index contributed by atoms with van der Waals surface area (Å²) in [6.45, 7) is 4.58. The van der Waals surface area contributed by atoms with E-state index >= 15 is 0 Å². The highest BCUT2D eigenvalue weighted by Gasteiger charge is 2.28. The van der Waals surface area contributed by atoms with E-state index in [1.54, 1.807) is 14.0 Å². The van der Waals surface area contributed by atoms with Crippen LogP contribution in [0.4, 0.5) is 5.69 Å². The van der Waals surface area contributed by atoms with Crippen LogP contribution in [0.25, 0.3) is 0 Å². The summed E-state index contributed by atoms with van der Waals surface area (Å²) in [7, 11) is 1.69. The first-order chi connectivity index (χ1) is 12.0. The quantitative estimate of drug-likeness (QED) is 0.263. The second-order valence-electron chi connectivity index (χ2n) is 5.73. The van der Waals surface area contributed by atoms with Gasteiger partial charge in [-0.2, -0.15) is 5.10 Å². The number of carbonyl (C=O) groups excluding carboxylic acids is 1. The minimum Gasteiger partial charge on any atom is -0.466 e. The number of ether oxygens (including phenoxy) is 1. The maximum Gasteiger partial charge on any atom is 0.310 e. The van der Waals surface area contributed by atoms with Gasteiger partial charge in [0.05, 0.1) is 24.0 Å². The minimum absolute atomic E-state index is 0.0299. The lowest BCUT2D eigenvalue weighted by atomic mass is 9.98. The van der Waals surface area contributed by atoms with Gasteiger partial charge < -0.3 is 15.0 Å². The fraction of sp³-hybridized carbons (Fsp3) is 0.667. The molecule has 10 nitrogen and oxygen atoms in total. The number of hydrogen-bond donors (Lipinski definition) is 1. The Hall–Kier alpha value is -2.65. The van der Waals surface area contributed by atoms with E-state index < -0.39 is 4.92 Å². The van der Waals surface area contributed by atoms with Crippen LogP contribution in [0, 0.1) is 16.0 Å². The van der Waals surface area contributed by atoms with Crippen molar-refractivity contribution in [1.29, 1.82) is 0 Å². The first kappa shape index (κ1) is 18.7. The van der Waals surface area contributed by atoms with Gasteiger partial charge in [0.25, 0.3) is 0 Å². The second-order valence-corrected chi connectivity index (χ2v) is 5.73. The van der Waals surface area contributed by atoms with Crippen molar-refractivity contribution in [3.05, 3.63) is 22.5 Å². The van der Waals surface area contributed by atoms with Gasteiger partial charge in [-0.15, -0.1) is 0 Å². The zero-order chi connectivity index (χ0) is 18.2. The smallest absolute Gasteiger partial charge is 0.310 e. The van der Waals surface area contributed by atoms with Crippen molar-refractivity contribution in [2.75, 3.05) is 33.3 Å². The minimum atomic E-state index is -0.473. The molecule has 1 aromatic heterocycles. The molecule has 1 aliphatic heterocycles. The normalized spacial score (nSPS) is 18.1. The molecule has 1 aliphatic rings. The van der Waals surface area contributed by atoms with Gasteiger partial charge in [0.15, 0.2) is 5.96 Å². The predicted octanol–water partition coefficient (Wildman–Crippen LogP) is 0.642. The Morgan fingerprint density at radius 1 is 1.60 bits per heavy atom. The summed E-state index contributed by atoms with van der Waals surface area (Å²) in [5.74, 6) is 0.406. The molecule has 2 heterocycles. The third-order valence-corrected chi connectivity index (χ3v) is 4.01. The number of aliphatic imine (C=N–C) groups is 1. The standard InChI is InChI=1S/C15H24N6O4/c1-3-25-14(22)12-5-4-7-19(10-12)15(16-2)17-6-8-20-11-13(9-18-20)21(23)24/h9,11-12H,3-8,10H2,1-2H3,(H,16,17)/t12-/m0/s1. The number of piperidine rings is 1. The van der Waals surface area contributed by atoms with E-state index in [2.05, 4.69) is 15.4 Å². The van der Waals surface area contributed by atoms with Crippen molar-refractivity contribution in [1.82, 2.24) is 20.0 Å². The molecule has 10 heteroatoms. The van der Waals surface area contributed by atoms with Gasteiger partial charge >= 0.3 is 11.7 Å². The Kier molecular flexibility index (Phi) is 6.72. The van der Waals surface area contributed by atoms with Crippen LogP contribution in [-0.4, -0.2) is 64.8 Å². The first-order valence-corrected chi connectivity index (χ1v) is 8.34. The topological polar surface area (TPSA) is 115 Å². The molecule has 1 N–H and O–H groups in total. The van der Waals surface area contributed by atoms with Gasteiger partial charge in [0.1, 0.15) is 12.4 Å². The zero-order valence-electron chi connectivity index (χ0n) is 14.6. The number of nitrogens with one attached hydrogen (secondary N) is 1. The van der Waals surface area contributed by atoms with Crippen molar-refractivity contribution in [3.8, 4) is 0 Å². The SMILES string of the molecule is CCOC(=O)[C@H]1CCCN(C(=NC)NCCn2cc([N+](=O)[O-])cn2)C1. The second kappa shape index (κ2) is 9.00. The number of likely N-dealkylation sites (tertiary alicyclic amines) is 1. The van der Waals surface area contributed by atoms with Gasteiger partial charge in [-0.1, -0.05) is 0 Å². The molecule has 25 heavy (non-hydrogen) atoms. The van der Waals surface area contributed by atoms with Crippen molar-refractivity contribution in [3.63, 3.8) is 0 Å². The number of esters is 1. The van der Waals surface area contributed by atoms with Gasteiger partial charge in [0.2, 0.25) is 0 Å². The maximum absolute atomic E-state index is 11.9. The molecule has 0 saturated carbocycles. The fourth-order valence-corrected chi connectivity index (χ4v) is 2.81. The molecule has 0 aliphatic carbocycles. The van der Waals surface area contributed by atoms with Crippen LogP contribution >= 0.6 is 0 Å². The molecule has 0 unspecified atom stereocenters. The van der Waals surface area contributed by atoms with Gasteiger partial charge in [0, 0.05) is 26.7 Å². The molecule has 138 valence electrons. The Balaban J connectivity index is 1.84. The first-order valence-electron chi connectivity index (χ1n) is 8.34. The summed E-state index contributed by atoms with van der Waals surface area (Å²) in [5, 5.41) is 17.8. The summed E-state index contributed by atoms with van der Waals surface area (Å²) in [6, 6.07) is 0. The zero-order valence-corrected chi connectivity index (χ0v) is 14.6. The lowest BCUT2D eigenvalue weighted by Gasteiger charge is -2.33. The highest BCUT2D eigenvalue weighted by atomic mass is 16.6. The molecule has 0 aromatic carbocycles. The highest BCUT2D eigenvalue weighted by Crippen LogP contribution is 2.18. The van der Waals surface area contributed by atoms with Gasteiger partial charge in [-0.25, -0.2) is 0 Å². The van der Waals surface area contributed by atoms with E-state index in [-0.39, 0.29) is 17.6 Å². The summed E-state index contributed by atoms with van der Waals surface area (Å²) >= 11 is 0. The van der Waals surface area contributed by atoms with Crippen LogP contribution < -0.4 is 5.32 Å². The molecule has 0 bridgehead atoms. The fourth-order valence-electron chi connectivity index (χ4n) is 2.81. The molecule has 0 amide bonds. The molecule has 2 rings (SSSR count). The van der Waals surface area contributed by atoms with Crippen LogP contribution in [0.3, 0.4) is 0 Å². The number of carbonyl (C=O) groups is 1. The van der Waals surface area contributed by atoms with Crippen LogP contribution in [0.2, 0.25) is 0 Å². The average Bonchev–Trinajstić information content (AvgIpc) is 3.08. The number of aromatic nitrogens is 2. The van der Waals surface area contributed by atoms with E-state index in [4.69, 9.17) is 4.74 Å². The van der Waals surface area contributed by atoms with Gasteiger partial charge in [-0.3, -0.25) is 24.6 Å². The van der Waals surface area contributed by atoms with E-state index in [1.165, 1.54) is 17.1 Å². The van der Waals surface area contributed by atoms with Crippen molar-refractivity contribution < 1.29 is 14.5 Å². The molecular weight excluding hydrogens is 328 g/mol. The predicted molar refractivity (Wildman–Crippen MR) is 91.2 cm³/mol. The van der Waals surface area contributed by atoms with Crippen LogP contribution in [0.1, 0.15) is 19.8 Å². The Morgan fingerprint density at radius 2 is 2.40 bits per heavy atom. The molecule has 1 aromatic rings. The molecule has 1 atom stereocenters. The third-order valence-electron chi connectivity index (χ3n) is 4.01. The molecule has 0 spiro atoms. The third kappa shape index (κ3) is 5.16. The van der Waals surface area contributed by atoms with Crippen LogP contribution in [0.15, 0.2) is 17.4 Å². The van der Waals surface area contributed by atoms with E-state index in [9.17, 15) is 14.9 Å². The number of hydrogen-bond acceptors (Lipinski definition) is 6. The number of rotatable bonds is 6. The number of guanidine groups is 1. The molecular formula is C15H24N6O4. The Bertz CT molecular complexity index is 629. The lowest BCUT2D eigenvalue weighted by molar-refractivity contribution is -0.385. The van der Waals surface area contributed by atoms with Crippen molar-refractivity contribution in [2.24, 2.45) is 10.9 Å². The highest BCUT2D eigenvalue weighted by molar-refractivity contribution is 5.81. The Labute approximate surface area is 146 Å².